The molecule has 1 aromatic heterocycles. The Morgan fingerprint density at radius 2 is 2.00 bits per heavy atom. The first kappa shape index (κ1) is 17.8. The van der Waals surface area contributed by atoms with Crippen LogP contribution in [0.4, 0.5) is 13.2 Å². The van der Waals surface area contributed by atoms with Crippen LogP contribution in [0.15, 0.2) is 16.5 Å². The Morgan fingerprint density at radius 3 is 2.39 bits per heavy atom. The number of hydrogen-bond acceptors (Lipinski definition) is 4. The van der Waals surface area contributed by atoms with Crippen molar-refractivity contribution in [2.75, 3.05) is 6.61 Å². The first-order valence-electron chi connectivity index (χ1n) is 7.30. The molecule has 1 saturated carbocycles. The Labute approximate surface area is 131 Å². The second-order valence-corrected chi connectivity index (χ2v) is 6.34. The molecule has 2 unspecified atom stereocenters. The molecule has 0 radical (unpaired) electrons. The van der Waals surface area contributed by atoms with Crippen molar-refractivity contribution in [2.24, 2.45) is 5.92 Å². The molecular weight excluding hydrogens is 315 g/mol. The number of nitrogens with one attached hydrogen (secondary N) is 1. The monoisotopic (exact) mass is 335 g/mol. The average molecular weight is 335 g/mol. The third kappa shape index (κ3) is 3.53. The van der Waals surface area contributed by atoms with Crippen LogP contribution in [-0.4, -0.2) is 34.4 Å². The van der Waals surface area contributed by atoms with Crippen LogP contribution >= 0.6 is 0 Å². The van der Waals surface area contributed by atoms with E-state index in [1.165, 1.54) is 13.0 Å². The van der Waals surface area contributed by atoms with Gasteiger partial charge in [-0.15, -0.1) is 0 Å². The molecule has 2 atom stereocenters. The summed E-state index contributed by atoms with van der Waals surface area (Å²) in [6.45, 7) is 2.64. The van der Waals surface area contributed by atoms with Crippen LogP contribution in [0.5, 0.6) is 0 Å². The molecule has 0 aliphatic heterocycles. The molecule has 0 saturated heterocycles. The van der Waals surface area contributed by atoms with Gasteiger partial charge in [0, 0.05) is 0 Å². The maximum Gasteiger partial charge on any atom is 0.425 e. The van der Waals surface area contributed by atoms with Crippen LogP contribution in [0.2, 0.25) is 0 Å². The predicted octanol–water partition coefficient (Wildman–Crippen LogP) is 2.01. The molecule has 5 nitrogen and oxygen atoms in total. The number of rotatable bonds is 6. The molecule has 1 aliphatic rings. The maximum atomic E-state index is 13.3. The number of carbonyl (C=O) groups is 1. The molecule has 0 aromatic carbocycles. The summed E-state index contributed by atoms with van der Waals surface area (Å²) in [5.41, 5.74) is -4.39. The van der Waals surface area contributed by atoms with Crippen LogP contribution in [0.1, 0.15) is 37.7 Å². The minimum atomic E-state index is -5.08. The van der Waals surface area contributed by atoms with Crippen molar-refractivity contribution in [1.82, 2.24) is 5.32 Å². The van der Waals surface area contributed by atoms with E-state index >= 15 is 0 Å². The van der Waals surface area contributed by atoms with E-state index in [0.717, 1.165) is 18.9 Å². The quantitative estimate of drug-likeness (QED) is 0.743. The minimum Gasteiger partial charge on any atom is -0.463 e. The van der Waals surface area contributed by atoms with E-state index in [9.17, 15) is 28.2 Å². The Hall–Kier alpha value is -1.54. The van der Waals surface area contributed by atoms with Gasteiger partial charge < -0.3 is 19.9 Å². The Morgan fingerprint density at radius 1 is 1.39 bits per heavy atom. The van der Waals surface area contributed by atoms with Crippen molar-refractivity contribution >= 4 is 5.91 Å². The van der Waals surface area contributed by atoms with Crippen molar-refractivity contribution in [2.45, 2.75) is 50.4 Å². The van der Waals surface area contributed by atoms with Crippen LogP contribution < -0.4 is 5.32 Å². The average Bonchev–Trinajstić information content (AvgIpc) is 3.20. The zero-order chi connectivity index (χ0) is 17.5. The van der Waals surface area contributed by atoms with Crippen molar-refractivity contribution < 1.29 is 32.6 Å². The van der Waals surface area contributed by atoms with Crippen molar-refractivity contribution in [3.8, 4) is 0 Å². The molecular formula is C15H20F3NO4. The Kier molecular flexibility index (Phi) is 4.51. The first-order chi connectivity index (χ1) is 10.5. The molecule has 0 spiro atoms. The summed E-state index contributed by atoms with van der Waals surface area (Å²) < 4.78 is 44.8. The molecule has 23 heavy (non-hydrogen) atoms. The predicted molar refractivity (Wildman–Crippen MR) is 74.4 cm³/mol. The minimum absolute atomic E-state index is 0.0290. The third-order valence-electron chi connectivity index (χ3n) is 4.27. The molecule has 3 N–H and O–H groups in total. The number of aliphatic hydroxyl groups excluding tert-OH is 1. The molecule has 2 rings (SSSR count). The molecule has 1 amide bonds. The summed E-state index contributed by atoms with van der Waals surface area (Å²) in [7, 11) is 0. The lowest BCUT2D eigenvalue weighted by Gasteiger charge is -2.32. The number of alkyl halides is 3. The fourth-order valence-electron chi connectivity index (χ4n) is 2.57. The van der Waals surface area contributed by atoms with Crippen LogP contribution in [0.3, 0.4) is 0 Å². The van der Waals surface area contributed by atoms with Gasteiger partial charge in [0.1, 0.15) is 11.5 Å². The second kappa shape index (κ2) is 5.83. The number of carbonyl (C=O) groups excluding carboxylic acids is 1. The zero-order valence-corrected chi connectivity index (χ0v) is 12.9. The Balaban J connectivity index is 2.20. The highest BCUT2D eigenvalue weighted by molar-refractivity contribution is 5.78. The highest BCUT2D eigenvalue weighted by Gasteiger charge is 2.58. The van der Waals surface area contributed by atoms with Crippen molar-refractivity contribution in [3.63, 3.8) is 0 Å². The molecule has 130 valence electrons. The van der Waals surface area contributed by atoms with E-state index in [1.54, 1.807) is 6.92 Å². The number of aryl methyl sites for hydroxylation is 1. The highest BCUT2D eigenvalue weighted by atomic mass is 19.4. The highest BCUT2D eigenvalue weighted by Crippen LogP contribution is 2.43. The summed E-state index contributed by atoms with van der Waals surface area (Å²) in [5, 5.41) is 21.9. The third-order valence-corrected chi connectivity index (χ3v) is 4.27. The number of furan rings is 1. The summed E-state index contributed by atoms with van der Waals surface area (Å²) in [4.78, 5) is 12.1. The van der Waals surface area contributed by atoms with E-state index in [1.807, 2.05) is 0 Å². The lowest BCUT2D eigenvalue weighted by atomic mass is 9.92. The van der Waals surface area contributed by atoms with Gasteiger partial charge in [0.25, 0.3) is 0 Å². The van der Waals surface area contributed by atoms with E-state index in [4.69, 9.17) is 4.42 Å². The van der Waals surface area contributed by atoms with Gasteiger partial charge in [-0.3, -0.25) is 4.79 Å². The van der Waals surface area contributed by atoms with E-state index < -0.39 is 35.4 Å². The van der Waals surface area contributed by atoms with Crippen molar-refractivity contribution in [3.05, 3.63) is 23.7 Å². The molecule has 1 heterocycles. The Bertz CT molecular complexity index is 582. The summed E-state index contributed by atoms with van der Waals surface area (Å²) in [6, 6.07) is 2.29. The van der Waals surface area contributed by atoms with E-state index in [-0.39, 0.29) is 18.3 Å². The SMILES string of the molecule is Cc1ccc(C(O)(CC(=O)NC(C)(CO)C2CC2)C(F)(F)F)o1. The molecule has 0 bridgehead atoms. The molecule has 8 heteroatoms. The topological polar surface area (TPSA) is 82.7 Å². The van der Waals surface area contributed by atoms with Gasteiger partial charge in [-0.25, -0.2) is 0 Å². The standard InChI is InChI=1S/C15H20F3NO4/c1-9-3-6-11(23-9)14(22,15(16,17)18)7-12(21)19-13(2,8-20)10-4-5-10/h3,6,10,20,22H,4-5,7-8H2,1-2H3,(H,19,21). The largest absolute Gasteiger partial charge is 0.463 e. The fourth-order valence-corrected chi connectivity index (χ4v) is 2.57. The van der Waals surface area contributed by atoms with Gasteiger partial charge in [0.2, 0.25) is 11.5 Å². The number of halogens is 3. The van der Waals surface area contributed by atoms with Gasteiger partial charge in [-0.1, -0.05) is 0 Å². The first-order valence-corrected chi connectivity index (χ1v) is 7.30. The smallest absolute Gasteiger partial charge is 0.425 e. The maximum absolute atomic E-state index is 13.3. The van der Waals surface area contributed by atoms with E-state index in [2.05, 4.69) is 5.32 Å². The number of aliphatic hydroxyl groups is 2. The van der Waals surface area contributed by atoms with Gasteiger partial charge >= 0.3 is 6.18 Å². The second-order valence-electron chi connectivity index (χ2n) is 6.34. The molecule has 1 aromatic rings. The summed E-state index contributed by atoms with van der Waals surface area (Å²) in [5.74, 6) is -1.50. The lowest BCUT2D eigenvalue weighted by Crippen LogP contribution is -2.54. The molecule has 1 aliphatic carbocycles. The van der Waals surface area contributed by atoms with E-state index in [0.29, 0.717) is 0 Å². The lowest BCUT2D eigenvalue weighted by molar-refractivity contribution is -0.273. The van der Waals surface area contributed by atoms with Crippen LogP contribution in [-0.2, 0) is 10.4 Å². The fraction of sp³-hybridized carbons (Fsp3) is 0.667. The zero-order valence-electron chi connectivity index (χ0n) is 12.9. The summed E-state index contributed by atoms with van der Waals surface area (Å²) >= 11 is 0. The van der Waals surface area contributed by atoms with Crippen LogP contribution in [0.25, 0.3) is 0 Å². The number of hydrogen-bond donors (Lipinski definition) is 3. The van der Waals surface area contributed by atoms with Gasteiger partial charge in [0.15, 0.2) is 0 Å². The molecule has 1 fully saturated rings. The van der Waals surface area contributed by atoms with Crippen molar-refractivity contribution in [1.29, 1.82) is 0 Å². The van der Waals surface area contributed by atoms with Gasteiger partial charge in [0.05, 0.1) is 18.6 Å². The normalized spacial score (nSPS) is 20.7. The number of amides is 1. The van der Waals surface area contributed by atoms with Gasteiger partial charge in [-0.05, 0) is 44.7 Å². The van der Waals surface area contributed by atoms with Crippen LogP contribution in [0, 0.1) is 12.8 Å². The van der Waals surface area contributed by atoms with Gasteiger partial charge in [-0.2, -0.15) is 13.2 Å². The summed E-state index contributed by atoms with van der Waals surface area (Å²) in [6.07, 6.45) is -4.73.